The zero-order valence-corrected chi connectivity index (χ0v) is 12.6. The normalized spacial score (nSPS) is 15.8. The number of carboxylic acids is 1. The Balaban J connectivity index is 1.85. The lowest BCUT2D eigenvalue weighted by Crippen LogP contribution is -2.42. The van der Waals surface area contributed by atoms with E-state index in [0.717, 1.165) is 16.8 Å². The van der Waals surface area contributed by atoms with Crippen molar-refractivity contribution in [1.82, 2.24) is 4.90 Å². The number of carboxylic acid groups (broad SMARTS) is 1. The number of anilines is 1. The fourth-order valence-electron chi connectivity index (χ4n) is 2.58. The molecule has 1 aliphatic rings. The Hall–Kier alpha value is -2.04. The van der Waals surface area contributed by atoms with E-state index in [0.29, 0.717) is 25.9 Å². The molecule has 1 fully saturated rings. The van der Waals surface area contributed by atoms with Gasteiger partial charge in [0.15, 0.2) is 0 Å². The molecule has 0 saturated carbocycles. The lowest BCUT2D eigenvalue weighted by molar-refractivity contribution is -0.145. The first-order valence-corrected chi connectivity index (χ1v) is 7.29. The molecule has 0 bridgehead atoms. The molecule has 0 aliphatic carbocycles. The van der Waals surface area contributed by atoms with Crippen LogP contribution in [0.15, 0.2) is 18.2 Å². The van der Waals surface area contributed by atoms with E-state index in [9.17, 15) is 9.59 Å². The number of aliphatic carboxylic acids is 1. The molecule has 1 saturated heterocycles. The summed E-state index contributed by atoms with van der Waals surface area (Å²) in [6.07, 6.45) is 1.09. The average Bonchev–Trinajstić information content (AvgIpc) is 2.48. The monoisotopic (exact) mass is 290 g/mol. The number of amides is 1. The minimum Gasteiger partial charge on any atom is -0.481 e. The van der Waals surface area contributed by atoms with Crippen molar-refractivity contribution >= 4 is 17.6 Å². The van der Waals surface area contributed by atoms with E-state index in [4.69, 9.17) is 5.11 Å². The molecule has 1 aliphatic heterocycles. The smallest absolute Gasteiger partial charge is 0.306 e. The van der Waals surface area contributed by atoms with Gasteiger partial charge in [0.25, 0.3) is 0 Å². The Morgan fingerprint density at radius 2 is 1.95 bits per heavy atom. The maximum Gasteiger partial charge on any atom is 0.306 e. The van der Waals surface area contributed by atoms with Gasteiger partial charge in [-0.3, -0.25) is 9.59 Å². The highest BCUT2D eigenvalue weighted by Crippen LogP contribution is 2.18. The molecule has 1 aromatic carbocycles. The van der Waals surface area contributed by atoms with Crippen LogP contribution in [0.2, 0.25) is 0 Å². The van der Waals surface area contributed by atoms with Crippen molar-refractivity contribution in [3.63, 3.8) is 0 Å². The molecule has 5 heteroatoms. The van der Waals surface area contributed by atoms with Crippen molar-refractivity contribution < 1.29 is 14.7 Å². The summed E-state index contributed by atoms with van der Waals surface area (Å²) in [4.78, 5) is 24.8. The summed E-state index contributed by atoms with van der Waals surface area (Å²) in [6.45, 7) is 5.34. The number of hydrogen-bond donors (Lipinski definition) is 2. The summed E-state index contributed by atoms with van der Waals surface area (Å²) in [5.41, 5.74) is 3.24. The molecule has 1 amide bonds. The Morgan fingerprint density at radius 1 is 1.29 bits per heavy atom. The van der Waals surface area contributed by atoms with Gasteiger partial charge in [0.2, 0.25) is 5.91 Å². The van der Waals surface area contributed by atoms with Crippen molar-refractivity contribution in [1.29, 1.82) is 0 Å². The second-order valence-electron chi connectivity index (χ2n) is 5.67. The number of benzene rings is 1. The fraction of sp³-hybridized carbons (Fsp3) is 0.500. The van der Waals surface area contributed by atoms with Crippen molar-refractivity contribution in [3.8, 4) is 0 Å². The average molecular weight is 290 g/mol. The molecule has 5 nitrogen and oxygen atoms in total. The van der Waals surface area contributed by atoms with E-state index in [-0.39, 0.29) is 18.4 Å². The highest BCUT2D eigenvalue weighted by atomic mass is 16.4. The predicted molar refractivity (Wildman–Crippen MR) is 81.3 cm³/mol. The van der Waals surface area contributed by atoms with E-state index in [2.05, 4.69) is 5.32 Å². The van der Waals surface area contributed by atoms with E-state index in [1.807, 2.05) is 32.0 Å². The van der Waals surface area contributed by atoms with Crippen LogP contribution in [0, 0.1) is 19.8 Å². The van der Waals surface area contributed by atoms with Crippen LogP contribution in [-0.2, 0) is 9.59 Å². The maximum atomic E-state index is 12.2. The first-order chi connectivity index (χ1) is 9.97. The van der Waals surface area contributed by atoms with Crippen molar-refractivity contribution in [2.45, 2.75) is 26.7 Å². The number of hydrogen-bond acceptors (Lipinski definition) is 3. The SMILES string of the molecule is Cc1ccc(C)c(NCC(=O)N2CCC(C(=O)O)CC2)c1. The number of rotatable bonds is 4. The third kappa shape index (κ3) is 3.97. The summed E-state index contributed by atoms with van der Waals surface area (Å²) in [5, 5.41) is 12.1. The number of piperidine rings is 1. The molecule has 21 heavy (non-hydrogen) atoms. The molecule has 1 aromatic rings. The van der Waals surface area contributed by atoms with Gasteiger partial charge in [-0.25, -0.2) is 0 Å². The van der Waals surface area contributed by atoms with Gasteiger partial charge < -0.3 is 15.3 Å². The Bertz CT molecular complexity index is 534. The van der Waals surface area contributed by atoms with Crippen LogP contribution in [0.25, 0.3) is 0 Å². The van der Waals surface area contributed by atoms with E-state index >= 15 is 0 Å². The molecule has 2 rings (SSSR count). The number of carbonyl (C=O) groups is 2. The van der Waals surface area contributed by atoms with Crippen LogP contribution in [0.3, 0.4) is 0 Å². The third-order valence-electron chi connectivity index (χ3n) is 4.02. The molecular formula is C16H22N2O3. The summed E-state index contributed by atoms with van der Waals surface area (Å²) in [7, 11) is 0. The standard InChI is InChI=1S/C16H22N2O3/c1-11-3-4-12(2)14(9-11)17-10-15(19)18-7-5-13(6-8-18)16(20)21/h3-4,9,13,17H,5-8,10H2,1-2H3,(H,20,21). The number of nitrogens with zero attached hydrogens (tertiary/aromatic N) is 1. The quantitative estimate of drug-likeness (QED) is 0.890. The lowest BCUT2D eigenvalue weighted by Gasteiger charge is -2.30. The number of likely N-dealkylation sites (tertiary alicyclic amines) is 1. The molecule has 0 aromatic heterocycles. The number of carbonyl (C=O) groups excluding carboxylic acids is 1. The molecule has 0 atom stereocenters. The van der Waals surface area contributed by atoms with Crippen LogP contribution in [0.5, 0.6) is 0 Å². The summed E-state index contributed by atoms with van der Waals surface area (Å²) in [5.74, 6) is -1.03. The van der Waals surface area contributed by atoms with E-state index < -0.39 is 5.97 Å². The molecule has 1 heterocycles. The van der Waals surface area contributed by atoms with Gasteiger partial charge in [-0.2, -0.15) is 0 Å². The van der Waals surface area contributed by atoms with Gasteiger partial charge in [0.1, 0.15) is 0 Å². The second-order valence-corrected chi connectivity index (χ2v) is 5.67. The van der Waals surface area contributed by atoms with Gasteiger partial charge in [-0.05, 0) is 43.9 Å². The molecular weight excluding hydrogens is 268 g/mol. The Labute approximate surface area is 125 Å². The van der Waals surface area contributed by atoms with Gasteiger partial charge in [-0.1, -0.05) is 12.1 Å². The molecule has 0 radical (unpaired) electrons. The summed E-state index contributed by atoms with van der Waals surface area (Å²) < 4.78 is 0. The summed E-state index contributed by atoms with van der Waals surface area (Å²) >= 11 is 0. The number of nitrogens with one attached hydrogen (secondary N) is 1. The highest BCUT2D eigenvalue weighted by molar-refractivity contribution is 5.81. The van der Waals surface area contributed by atoms with E-state index in [1.54, 1.807) is 4.90 Å². The Kier molecular flexibility index (Phi) is 4.83. The van der Waals surface area contributed by atoms with Crippen LogP contribution < -0.4 is 5.32 Å². The van der Waals surface area contributed by atoms with Gasteiger partial charge in [0, 0.05) is 18.8 Å². The Morgan fingerprint density at radius 3 is 2.57 bits per heavy atom. The maximum absolute atomic E-state index is 12.2. The molecule has 2 N–H and O–H groups in total. The van der Waals surface area contributed by atoms with Crippen LogP contribution in [0.1, 0.15) is 24.0 Å². The van der Waals surface area contributed by atoms with Crippen LogP contribution >= 0.6 is 0 Å². The van der Waals surface area contributed by atoms with Gasteiger partial charge >= 0.3 is 5.97 Å². The minimum absolute atomic E-state index is 0.0275. The van der Waals surface area contributed by atoms with Gasteiger partial charge in [-0.15, -0.1) is 0 Å². The van der Waals surface area contributed by atoms with E-state index in [1.165, 1.54) is 0 Å². The molecule has 0 unspecified atom stereocenters. The van der Waals surface area contributed by atoms with Crippen molar-refractivity contribution in [3.05, 3.63) is 29.3 Å². The zero-order chi connectivity index (χ0) is 15.4. The lowest BCUT2D eigenvalue weighted by atomic mass is 9.97. The highest BCUT2D eigenvalue weighted by Gasteiger charge is 2.26. The minimum atomic E-state index is -0.754. The predicted octanol–water partition coefficient (Wildman–Crippen LogP) is 2.04. The van der Waals surface area contributed by atoms with Crippen LogP contribution in [-0.4, -0.2) is 41.5 Å². The van der Waals surface area contributed by atoms with Crippen molar-refractivity contribution in [2.24, 2.45) is 5.92 Å². The van der Waals surface area contributed by atoms with Gasteiger partial charge in [0.05, 0.1) is 12.5 Å². The second kappa shape index (κ2) is 6.61. The first kappa shape index (κ1) is 15.4. The van der Waals surface area contributed by atoms with Crippen molar-refractivity contribution in [2.75, 3.05) is 25.0 Å². The zero-order valence-electron chi connectivity index (χ0n) is 12.6. The molecule has 114 valence electrons. The topological polar surface area (TPSA) is 69.6 Å². The molecule has 0 spiro atoms. The third-order valence-corrected chi connectivity index (χ3v) is 4.02. The largest absolute Gasteiger partial charge is 0.481 e. The fourth-order valence-corrected chi connectivity index (χ4v) is 2.58. The number of aryl methyl sites for hydroxylation is 2. The van der Waals surface area contributed by atoms with Crippen LogP contribution in [0.4, 0.5) is 5.69 Å². The summed E-state index contributed by atoms with van der Waals surface area (Å²) in [6, 6.07) is 6.10. The first-order valence-electron chi connectivity index (χ1n) is 7.29.